The molecule has 2 aromatic carbocycles. The number of benzene rings is 2. The average Bonchev–Trinajstić information content (AvgIpc) is 2.78. The lowest BCUT2D eigenvalue weighted by Crippen LogP contribution is -2.52. The Morgan fingerprint density at radius 2 is 1.71 bits per heavy atom. The quantitative estimate of drug-likeness (QED) is 0.391. The summed E-state index contributed by atoms with van der Waals surface area (Å²) in [7, 11) is -3.77. The predicted molar refractivity (Wildman–Crippen MR) is 142 cm³/mol. The number of carbonyl (C=O) groups excluding carboxylic acids is 2. The molecule has 192 valence electrons. The Balaban J connectivity index is 2.43. The normalized spacial score (nSPS) is 12.2. The molecule has 0 fully saturated rings. The molecular formula is C25H33Cl2N3O4S. The zero-order chi connectivity index (χ0) is 26.2. The standard InChI is InChI=1S/C25H33Cl2N3O4S/c1-5-7-14-28-25(32)23(6-2)29(16-19-10-11-20(26)15-22(19)27)24(31)17-30(35(4,33)34)21-12-8-18(3)9-13-21/h8-13,15,23H,5-7,14,16-17H2,1-4H3,(H,28,32). The summed E-state index contributed by atoms with van der Waals surface area (Å²) in [5.41, 5.74) is 1.93. The van der Waals surface area contributed by atoms with Gasteiger partial charge in [-0.05, 0) is 49.6 Å². The van der Waals surface area contributed by atoms with Gasteiger partial charge in [-0.3, -0.25) is 13.9 Å². The van der Waals surface area contributed by atoms with Crippen LogP contribution in [0.25, 0.3) is 0 Å². The van der Waals surface area contributed by atoms with Gasteiger partial charge in [-0.25, -0.2) is 8.42 Å². The van der Waals surface area contributed by atoms with Gasteiger partial charge >= 0.3 is 0 Å². The van der Waals surface area contributed by atoms with Crippen LogP contribution in [0.2, 0.25) is 10.0 Å². The number of rotatable bonds is 12. The highest BCUT2D eigenvalue weighted by Gasteiger charge is 2.32. The van der Waals surface area contributed by atoms with Crippen LogP contribution in [0.4, 0.5) is 5.69 Å². The van der Waals surface area contributed by atoms with Crippen LogP contribution in [-0.2, 0) is 26.2 Å². The van der Waals surface area contributed by atoms with Gasteiger partial charge in [0.1, 0.15) is 12.6 Å². The van der Waals surface area contributed by atoms with E-state index in [4.69, 9.17) is 23.2 Å². The minimum atomic E-state index is -3.77. The second-order valence-electron chi connectivity index (χ2n) is 8.43. The summed E-state index contributed by atoms with van der Waals surface area (Å²) in [6.45, 7) is 5.79. The lowest BCUT2D eigenvalue weighted by atomic mass is 10.1. The first-order valence-corrected chi connectivity index (χ1v) is 14.1. The highest BCUT2D eigenvalue weighted by Crippen LogP contribution is 2.25. The minimum Gasteiger partial charge on any atom is -0.354 e. The van der Waals surface area contributed by atoms with Gasteiger partial charge in [-0.15, -0.1) is 0 Å². The Morgan fingerprint density at radius 3 is 2.26 bits per heavy atom. The van der Waals surface area contributed by atoms with Crippen LogP contribution >= 0.6 is 23.2 Å². The first-order valence-electron chi connectivity index (χ1n) is 11.5. The summed E-state index contributed by atoms with van der Waals surface area (Å²) in [4.78, 5) is 28.0. The van der Waals surface area contributed by atoms with Crippen molar-refractivity contribution in [1.82, 2.24) is 10.2 Å². The van der Waals surface area contributed by atoms with Crippen molar-refractivity contribution in [2.45, 2.75) is 52.6 Å². The van der Waals surface area contributed by atoms with Gasteiger partial charge in [0.05, 0.1) is 11.9 Å². The third-order valence-electron chi connectivity index (χ3n) is 5.57. The van der Waals surface area contributed by atoms with Crippen molar-refractivity contribution in [3.05, 3.63) is 63.6 Å². The second kappa shape index (κ2) is 13.1. The largest absolute Gasteiger partial charge is 0.354 e. The monoisotopic (exact) mass is 541 g/mol. The van der Waals surface area contributed by atoms with Gasteiger partial charge in [0.2, 0.25) is 21.8 Å². The maximum Gasteiger partial charge on any atom is 0.244 e. The average molecular weight is 543 g/mol. The number of hydrogen-bond donors (Lipinski definition) is 1. The van der Waals surface area contributed by atoms with Crippen molar-refractivity contribution in [2.75, 3.05) is 23.7 Å². The molecule has 2 aromatic rings. The molecule has 0 saturated heterocycles. The Kier molecular flexibility index (Phi) is 10.9. The molecule has 0 spiro atoms. The molecule has 0 heterocycles. The van der Waals surface area contributed by atoms with Gasteiger partial charge in [0.25, 0.3) is 0 Å². The number of aryl methyl sites for hydroxylation is 1. The summed E-state index contributed by atoms with van der Waals surface area (Å²) in [5.74, 6) is -0.805. The second-order valence-corrected chi connectivity index (χ2v) is 11.2. The van der Waals surface area contributed by atoms with E-state index in [1.54, 1.807) is 42.5 Å². The SMILES string of the molecule is CCCCNC(=O)C(CC)N(Cc1ccc(Cl)cc1Cl)C(=O)CN(c1ccc(C)cc1)S(C)(=O)=O. The molecule has 0 aliphatic rings. The zero-order valence-corrected chi connectivity index (χ0v) is 22.9. The smallest absolute Gasteiger partial charge is 0.244 e. The first-order chi connectivity index (χ1) is 16.5. The molecular weight excluding hydrogens is 509 g/mol. The molecule has 0 radical (unpaired) electrons. The topological polar surface area (TPSA) is 86.8 Å². The molecule has 0 aromatic heterocycles. The van der Waals surface area contributed by atoms with Crippen LogP contribution in [0.15, 0.2) is 42.5 Å². The molecule has 0 saturated carbocycles. The predicted octanol–water partition coefficient (Wildman–Crippen LogP) is 4.79. The van der Waals surface area contributed by atoms with Crippen molar-refractivity contribution in [2.24, 2.45) is 0 Å². The molecule has 35 heavy (non-hydrogen) atoms. The fourth-order valence-corrected chi connectivity index (χ4v) is 4.90. The van der Waals surface area contributed by atoms with E-state index in [9.17, 15) is 18.0 Å². The molecule has 2 rings (SSSR count). The van der Waals surface area contributed by atoms with Crippen LogP contribution in [0.1, 0.15) is 44.2 Å². The highest BCUT2D eigenvalue weighted by atomic mass is 35.5. The molecule has 1 atom stereocenters. The minimum absolute atomic E-state index is 0.0278. The molecule has 2 amide bonds. The number of amides is 2. The third-order valence-corrected chi connectivity index (χ3v) is 7.30. The molecule has 1 unspecified atom stereocenters. The highest BCUT2D eigenvalue weighted by molar-refractivity contribution is 7.92. The summed E-state index contributed by atoms with van der Waals surface area (Å²) >= 11 is 12.4. The zero-order valence-electron chi connectivity index (χ0n) is 20.6. The Hall–Kier alpha value is -2.29. The molecule has 7 nitrogen and oxygen atoms in total. The molecule has 0 aliphatic heterocycles. The number of halogens is 2. The van der Waals surface area contributed by atoms with E-state index >= 15 is 0 Å². The maximum atomic E-state index is 13.6. The van der Waals surface area contributed by atoms with E-state index in [-0.39, 0.29) is 12.5 Å². The van der Waals surface area contributed by atoms with Gasteiger partial charge in [-0.2, -0.15) is 0 Å². The van der Waals surface area contributed by atoms with Crippen LogP contribution in [0, 0.1) is 6.92 Å². The van der Waals surface area contributed by atoms with Crippen LogP contribution in [0.3, 0.4) is 0 Å². The van der Waals surface area contributed by atoms with E-state index in [1.165, 1.54) is 4.90 Å². The molecule has 1 N–H and O–H groups in total. The van der Waals surface area contributed by atoms with E-state index in [2.05, 4.69) is 5.32 Å². The van der Waals surface area contributed by atoms with Crippen molar-refractivity contribution in [3.8, 4) is 0 Å². The molecule has 0 aliphatic carbocycles. The van der Waals surface area contributed by atoms with E-state index in [1.807, 2.05) is 20.8 Å². The molecule has 10 heteroatoms. The lowest BCUT2D eigenvalue weighted by Gasteiger charge is -2.33. The van der Waals surface area contributed by atoms with E-state index in [0.717, 1.165) is 29.0 Å². The van der Waals surface area contributed by atoms with Crippen LogP contribution < -0.4 is 9.62 Å². The van der Waals surface area contributed by atoms with Gasteiger partial charge in [0, 0.05) is 23.1 Å². The number of hydrogen-bond acceptors (Lipinski definition) is 4. The number of nitrogens with zero attached hydrogens (tertiary/aromatic N) is 2. The van der Waals surface area contributed by atoms with Gasteiger partial charge in [0.15, 0.2) is 0 Å². The molecule has 0 bridgehead atoms. The summed E-state index contributed by atoms with van der Waals surface area (Å²) in [5, 5.41) is 3.69. The number of anilines is 1. The van der Waals surface area contributed by atoms with Crippen LogP contribution in [0.5, 0.6) is 0 Å². The Morgan fingerprint density at radius 1 is 1.06 bits per heavy atom. The fraction of sp³-hybridized carbons (Fsp3) is 0.440. The van der Waals surface area contributed by atoms with Gasteiger partial charge < -0.3 is 10.2 Å². The summed E-state index contributed by atoms with van der Waals surface area (Å²) in [6, 6.07) is 11.0. The van der Waals surface area contributed by atoms with Gasteiger partial charge in [-0.1, -0.05) is 67.2 Å². The number of sulfonamides is 1. The number of unbranched alkanes of at least 4 members (excludes halogenated alkanes) is 1. The lowest BCUT2D eigenvalue weighted by molar-refractivity contribution is -0.140. The Labute approximate surface area is 218 Å². The fourth-order valence-electron chi connectivity index (χ4n) is 3.58. The first kappa shape index (κ1) is 28.9. The van der Waals surface area contributed by atoms with Crippen LogP contribution in [-0.4, -0.2) is 50.5 Å². The number of carbonyl (C=O) groups is 2. The summed E-state index contributed by atoms with van der Waals surface area (Å²) < 4.78 is 26.3. The van der Waals surface area contributed by atoms with Crippen molar-refractivity contribution < 1.29 is 18.0 Å². The van der Waals surface area contributed by atoms with E-state index in [0.29, 0.717) is 34.3 Å². The van der Waals surface area contributed by atoms with E-state index < -0.39 is 28.5 Å². The van der Waals surface area contributed by atoms with Crippen molar-refractivity contribution >= 4 is 50.7 Å². The Bertz CT molecular complexity index is 1120. The number of nitrogens with one attached hydrogen (secondary N) is 1. The van der Waals surface area contributed by atoms with Crippen molar-refractivity contribution in [1.29, 1.82) is 0 Å². The van der Waals surface area contributed by atoms with Crippen molar-refractivity contribution in [3.63, 3.8) is 0 Å². The maximum absolute atomic E-state index is 13.6. The summed E-state index contributed by atoms with van der Waals surface area (Å²) in [6.07, 6.45) is 3.13. The third kappa shape index (κ3) is 8.40.